The summed E-state index contributed by atoms with van der Waals surface area (Å²) in [4.78, 5) is 3.86. The molecule has 0 aliphatic rings. The first-order chi connectivity index (χ1) is 7.95. The Bertz CT molecular complexity index is 306. The minimum absolute atomic E-state index is 0.294. The van der Waals surface area contributed by atoms with E-state index in [2.05, 4.69) is 62.5 Å². The van der Waals surface area contributed by atoms with Gasteiger partial charge in [-0.2, -0.15) is 0 Å². The molecule has 0 aliphatic heterocycles. The van der Waals surface area contributed by atoms with Gasteiger partial charge < -0.3 is 10.2 Å². The normalized spacial score (nSPS) is 14.2. The Balaban J connectivity index is 2.46. The third-order valence-electron chi connectivity index (χ3n) is 3.37. The van der Waals surface area contributed by atoms with Crippen molar-refractivity contribution >= 4 is 11.3 Å². The summed E-state index contributed by atoms with van der Waals surface area (Å²) in [6.07, 6.45) is 0. The van der Waals surface area contributed by atoms with Crippen LogP contribution in [0.4, 0.5) is 0 Å². The van der Waals surface area contributed by atoms with E-state index in [1.807, 2.05) is 11.3 Å². The molecule has 98 valence electrons. The van der Waals surface area contributed by atoms with E-state index < -0.39 is 0 Å². The molecule has 1 aromatic heterocycles. The van der Waals surface area contributed by atoms with Gasteiger partial charge in [0.1, 0.15) is 0 Å². The monoisotopic (exact) mass is 254 g/mol. The molecule has 1 atom stereocenters. The van der Waals surface area contributed by atoms with Gasteiger partial charge in [-0.25, -0.2) is 0 Å². The van der Waals surface area contributed by atoms with E-state index in [1.54, 1.807) is 0 Å². The summed E-state index contributed by atoms with van der Waals surface area (Å²) in [5.41, 5.74) is 0.294. The maximum atomic E-state index is 3.53. The average molecular weight is 254 g/mol. The van der Waals surface area contributed by atoms with E-state index in [-0.39, 0.29) is 0 Å². The van der Waals surface area contributed by atoms with Gasteiger partial charge in [0.2, 0.25) is 0 Å². The molecule has 1 rings (SSSR count). The molecule has 0 fully saturated rings. The second-order valence-electron chi connectivity index (χ2n) is 5.52. The van der Waals surface area contributed by atoms with Crippen LogP contribution in [0.15, 0.2) is 17.5 Å². The third kappa shape index (κ3) is 4.78. The van der Waals surface area contributed by atoms with E-state index >= 15 is 0 Å². The number of hydrogen-bond donors (Lipinski definition) is 1. The number of rotatable bonds is 7. The molecule has 0 spiro atoms. The molecule has 17 heavy (non-hydrogen) atoms. The molecule has 0 radical (unpaired) electrons. The summed E-state index contributed by atoms with van der Waals surface area (Å²) in [6.45, 7) is 12.3. The van der Waals surface area contributed by atoms with Crippen LogP contribution in [-0.2, 0) is 6.54 Å². The van der Waals surface area contributed by atoms with Gasteiger partial charge in [-0.3, -0.25) is 0 Å². The van der Waals surface area contributed by atoms with Crippen molar-refractivity contribution in [1.29, 1.82) is 0 Å². The van der Waals surface area contributed by atoms with Gasteiger partial charge in [-0.15, -0.1) is 11.3 Å². The maximum Gasteiger partial charge on any atom is 0.0325 e. The highest BCUT2D eigenvalue weighted by Gasteiger charge is 2.26. The van der Waals surface area contributed by atoms with Gasteiger partial charge in [-0.05, 0) is 37.4 Å². The van der Waals surface area contributed by atoms with Crippen LogP contribution in [0.1, 0.15) is 32.6 Å². The maximum absolute atomic E-state index is 3.53. The molecule has 0 aromatic carbocycles. The topological polar surface area (TPSA) is 15.3 Å². The van der Waals surface area contributed by atoms with Crippen molar-refractivity contribution in [3.8, 4) is 0 Å². The van der Waals surface area contributed by atoms with Crippen molar-refractivity contribution in [2.45, 2.75) is 40.3 Å². The zero-order chi connectivity index (χ0) is 12.9. The standard InChI is InChI=1S/C14H26N2S/c1-6-15-12(2)14(3,4)11-16(5)10-13-8-7-9-17-13/h7-9,12,15H,6,10-11H2,1-5H3. The lowest BCUT2D eigenvalue weighted by Crippen LogP contribution is -2.45. The highest BCUT2D eigenvalue weighted by Crippen LogP contribution is 2.23. The summed E-state index contributed by atoms with van der Waals surface area (Å²) in [7, 11) is 2.21. The van der Waals surface area contributed by atoms with E-state index in [9.17, 15) is 0 Å². The van der Waals surface area contributed by atoms with Crippen LogP contribution in [0.2, 0.25) is 0 Å². The fraction of sp³-hybridized carbons (Fsp3) is 0.714. The Kier molecular flexibility index (Phi) is 5.63. The highest BCUT2D eigenvalue weighted by atomic mass is 32.1. The Morgan fingerprint density at radius 1 is 1.47 bits per heavy atom. The van der Waals surface area contributed by atoms with Crippen molar-refractivity contribution in [2.24, 2.45) is 5.41 Å². The summed E-state index contributed by atoms with van der Waals surface area (Å²) in [6, 6.07) is 4.88. The second-order valence-corrected chi connectivity index (χ2v) is 6.55. The predicted octanol–water partition coefficient (Wildman–Crippen LogP) is 3.20. The van der Waals surface area contributed by atoms with E-state index in [1.165, 1.54) is 4.88 Å². The Morgan fingerprint density at radius 3 is 2.71 bits per heavy atom. The van der Waals surface area contributed by atoms with Crippen molar-refractivity contribution in [3.63, 3.8) is 0 Å². The van der Waals surface area contributed by atoms with Crippen LogP contribution in [0, 0.1) is 5.41 Å². The van der Waals surface area contributed by atoms with Crippen molar-refractivity contribution in [1.82, 2.24) is 10.2 Å². The molecule has 1 N–H and O–H groups in total. The van der Waals surface area contributed by atoms with Crippen molar-refractivity contribution in [3.05, 3.63) is 22.4 Å². The lowest BCUT2D eigenvalue weighted by atomic mass is 9.85. The molecular formula is C14H26N2S. The van der Waals surface area contributed by atoms with Crippen LogP contribution < -0.4 is 5.32 Å². The molecule has 0 saturated carbocycles. The highest BCUT2D eigenvalue weighted by molar-refractivity contribution is 7.09. The first-order valence-corrected chi connectivity index (χ1v) is 7.28. The lowest BCUT2D eigenvalue weighted by molar-refractivity contribution is 0.162. The molecule has 3 heteroatoms. The van der Waals surface area contributed by atoms with Crippen molar-refractivity contribution < 1.29 is 0 Å². The van der Waals surface area contributed by atoms with Gasteiger partial charge in [-0.1, -0.05) is 26.8 Å². The summed E-state index contributed by atoms with van der Waals surface area (Å²) >= 11 is 1.84. The Labute approximate surface area is 110 Å². The number of nitrogens with zero attached hydrogens (tertiary/aromatic N) is 1. The zero-order valence-corrected chi connectivity index (χ0v) is 12.6. The van der Waals surface area contributed by atoms with E-state index in [0.29, 0.717) is 11.5 Å². The van der Waals surface area contributed by atoms with E-state index in [4.69, 9.17) is 0 Å². The van der Waals surface area contributed by atoms with Crippen LogP contribution >= 0.6 is 11.3 Å². The van der Waals surface area contributed by atoms with Crippen LogP contribution in [-0.4, -0.2) is 31.1 Å². The van der Waals surface area contributed by atoms with Gasteiger partial charge >= 0.3 is 0 Å². The molecule has 2 nitrogen and oxygen atoms in total. The quantitative estimate of drug-likeness (QED) is 0.804. The molecule has 0 saturated heterocycles. The molecule has 1 heterocycles. The molecular weight excluding hydrogens is 228 g/mol. The molecule has 0 bridgehead atoms. The molecule has 1 aromatic rings. The largest absolute Gasteiger partial charge is 0.314 e. The number of hydrogen-bond acceptors (Lipinski definition) is 3. The van der Waals surface area contributed by atoms with Crippen molar-refractivity contribution in [2.75, 3.05) is 20.1 Å². The fourth-order valence-electron chi connectivity index (χ4n) is 2.14. The summed E-state index contributed by atoms with van der Waals surface area (Å²) < 4.78 is 0. The van der Waals surface area contributed by atoms with Crippen LogP contribution in [0.5, 0.6) is 0 Å². The first kappa shape index (κ1) is 14.7. The minimum Gasteiger partial charge on any atom is -0.314 e. The lowest BCUT2D eigenvalue weighted by Gasteiger charge is -2.36. The Hall–Kier alpha value is -0.380. The van der Waals surface area contributed by atoms with Crippen LogP contribution in [0.3, 0.4) is 0 Å². The number of nitrogens with one attached hydrogen (secondary N) is 1. The van der Waals surface area contributed by atoms with Gasteiger partial charge in [0.15, 0.2) is 0 Å². The van der Waals surface area contributed by atoms with Gasteiger partial charge in [0, 0.05) is 24.0 Å². The van der Waals surface area contributed by atoms with Crippen LogP contribution in [0.25, 0.3) is 0 Å². The smallest absolute Gasteiger partial charge is 0.0325 e. The van der Waals surface area contributed by atoms with E-state index in [0.717, 1.165) is 19.6 Å². The van der Waals surface area contributed by atoms with Gasteiger partial charge in [0.05, 0.1) is 0 Å². The third-order valence-corrected chi connectivity index (χ3v) is 4.23. The minimum atomic E-state index is 0.294. The predicted molar refractivity (Wildman–Crippen MR) is 77.6 cm³/mol. The Morgan fingerprint density at radius 2 is 2.18 bits per heavy atom. The number of thiophene rings is 1. The average Bonchev–Trinajstić information content (AvgIpc) is 2.69. The fourth-order valence-corrected chi connectivity index (χ4v) is 2.92. The zero-order valence-electron chi connectivity index (χ0n) is 11.8. The summed E-state index contributed by atoms with van der Waals surface area (Å²) in [5, 5.41) is 5.67. The second kappa shape index (κ2) is 6.53. The first-order valence-electron chi connectivity index (χ1n) is 6.40. The van der Waals surface area contributed by atoms with Gasteiger partial charge in [0.25, 0.3) is 0 Å². The summed E-state index contributed by atoms with van der Waals surface area (Å²) in [5.74, 6) is 0. The molecule has 1 unspecified atom stereocenters. The SMILES string of the molecule is CCNC(C)C(C)(C)CN(C)Cc1cccs1. The molecule has 0 amide bonds. The molecule has 0 aliphatic carbocycles.